The zero-order valence-electron chi connectivity index (χ0n) is 37.2. The van der Waals surface area contributed by atoms with Crippen molar-refractivity contribution in [3.63, 3.8) is 0 Å². The summed E-state index contributed by atoms with van der Waals surface area (Å²) < 4.78 is 23.1. The third-order valence-electron chi connectivity index (χ3n) is 10.7. The fourth-order valence-corrected chi connectivity index (χ4v) is 7.76. The largest absolute Gasteiger partial charge is 0.472 e. The number of nitrogens with zero attached hydrogens (tertiary/aromatic N) is 1. The molecule has 0 radical (unpaired) electrons. The van der Waals surface area contributed by atoms with Crippen LogP contribution in [-0.2, 0) is 18.4 Å². The van der Waals surface area contributed by atoms with E-state index in [9.17, 15) is 19.4 Å². The fourth-order valence-electron chi connectivity index (χ4n) is 7.03. The number of nitrogens with one attached hydrogen (secondary N) is 1. The summed E-state index contributed by atoms with van der Waals surface area (Å²) in [5, 5.41) is 13.5. The maximum atomic E-state index is 12.3. The maximum absolute atomic E-state index is 12.3. The standard InChI is InChI=1S/C46H93N2O6P/c1-6-8-9-10-11-12-13-14-15-16-17-18-19-20-21-22-23-24-25-26-27-28-29-30-31-32-33-34-35-36-37-38-40-45(49)44(47-46(50)39-7-2)43-54-55(51,52)53-42-41-48(3,4)5/h38,40,44-45,49H,6-37,39,41-43H2,1-5H3,(H-,47,50,51,52)/p+1/b40-38+. The first-order chi connectivity index (χ1) is 26.5. The van der Waals surface area contributed by atoms with E-state index in [0.717, 1.165) is 19.3 Å². The lowest BCUT2D eigenvalue weighted by molar-refractivity contribution is -0.870. The maximum Gasteiger partial charge on any atom is 0.472 e. The number of hydrogen-bond acceptors (Lipinski definition) is 5. The monoisotopic (exact) mass is 802 g/mol. The van der Waals surface area contributed by atoms with Gasteiger partial charge in [0.1, 0.15) is 13.2 Å². The number of phosphoric ester groups is 1. The molecule has 0 aliphatic carbocycles. The van der Waals surface area contributed by atoms with Crippen LogP contribution in [0.5, 0.6) is 0 Å². The molecule has 3 N–H and O–H groups in total. The molecule has 328 valence electrons. The molecule has 0 aliphatic rings. The van der Waals surface area contributed by atoms with E-state index in [1.807, 2.05) is 34.1 Å². The Morgan fingerprint density at radius 2 is 0.964 bits per heavy atom. The summed E-state index contributed by atoms with van der Waals surface area (Å²) in [5.41, 5.74) is 0. The molecule has 0 rings (SSSR count). The summed E-state index contributed by atoms with van der Waals surface area (Å²) in [7, 11) is 1.57. The summed E-state index contributed by atoms with van der Waals surface area (Å²) in [6.07, 6.45) is 46.3. The molecule has 0 aromatic rings. The highest BCUT2D eigenvalue weighted by atomic mass is 31.2. The molecule has 0 saturated carbocycles. The van der Waals surface area contributed by atoms with E-state index in [-0.39, 0.29) is 19.1 Å². The van der Waals surface area contributed by atoms with Gasteiger partial charge in [-0.2, -0.15) is 0 Å². The molecule has 0 aromatic heterocycles. The normalized spacial score (nSPS) is 14.4. The minimum atomic E-state index is -4.30. The van der Waals surface area contributed by atoms with E-state index < -0.39 is 20.0 Å². The topological polar surface area (TPSA) is 105 Å². The zero-order chi connectivity index (χ0) is 40.7. The van der Waals surface area contributed by atoms with Gasteiger partial charge in [0, 0.05) is 6.42 Å². The molecule has 0 aromatic carbocycles. The summed E-state index contributed by atoms with van der Waals surface area (Å²) in [4.78, 5) is 22.3. The van der Waals surface area contributed by atoms with Gasteiger partial charge in [0.2, 0.25) is 5.91 Å². The van der Waals surface area contributed by atoms with Crippen molar-refractivity contribution >= 4 is 13.7 Å². The van der Waals surface area contributed by atoms with Crippen molar-refractivity contribution in [1.29, 1.82) is 0 Å². The zero-order valence-corrected chi connectivity index (χ0v) is 38.1. The summed E-state index contributed by atoms with van der Waals surface area (Å²) in [5.74, 6) is -0.228. The van der Waals surface area contributed by atoms with Crippen molar-refractivity contribution in [3.8, 4) is 0 Å². The number of amides is 1. The molecule has 0 aliphatic heterocycles. The van der Waals surface area contributed by atoms with Crippen LogP contribution in [-0.4, -0.2) is 73.4 Å². The molecule has 0 bridgehead atoms. The fraction of sp³-hybridized carbons (Fsp3) is 0.935. The lowest BCUT2D eigenvalue weighted by atomic mass is 10.0. The molecule has 55 heavy (non-hydrogen) atoms. The number of carbonyl (C=O) groups excluding carboxylic acids is 1. The number of quaternary nitrogens is 1. The highest BCUT2D eigenvalue weighted by Gasteiger charge is 2.27. The smallest absolute Gasteiger partial charge is 0.387 e. The Kier molecular flexibility index (Phi) is 38.2. The molecular weight excluding hydrogens is 707 g/mol. The van der Waals surface area contributed by atoms with Crippen LogP contribution < -0.4 is 5.32 Å². The average Bonchev–Trinajstić information content (AvgIpc) is 3.13. The summed E-state index contributed by atoms with van der Waals surface area (Å²) in [6, 6.07) is -0.837. The van der Waals surface area contributed by atoms with Crippen molar-refractivity contribution < 1.29 is 32.9 Å². The first-order valence-electron chi connectivity index (χ1n) is 23.6. The second-order valence-electron chi connectivity index (χ2n) is 17.5. The van der Waals surface area contributed by atoms with Gasteiger partial charge in [0.25, 0.3) is 0 Å². The van der Waals surface area contributed by atoms with Gasteiger partial charge in [-0.25, -0.2) is 4.57 Å². The van der Waals surface area contributed by atoms with E-state index in [1.165, 1.54) is 180 Å². The lowest BCUT2D eigenvalue weighted by Crippen LogP contribution is -2.45. The van der Waals surface area contributed by atoms with Gasteiger partial charge in [0.15, 0.2) is 0 Å². The SMILES string of the molecule is CCCCCCCCCCCCCCCCCCCCCCCCCCCCCCCC/C=C/C(O)C(COP(=O)(O)OCC[N+](C)(C)C)NC(=O)CCC. The number of carbonyl (C=O) groups is 1. The number of hydrogen-bond donors (Lipinski definition) is 3. The number of aliphatic hydroxyl groups is 1. The van der Waals surface area contributed by atoms with Crippen molar-refractivity contribution in [2.24, 2.45) is 0 Å². The molecule has 3 atom stereocenters. The molecule has 0 heterocycles. The number of rotatable bonds is 43. The van der Waals surface area contributed by atoms with E-state index in [1.54, 1.807) is 6.08 Å². The quantitative estimate of drug-likeness (QED) is 0.0245. The molecule has 9 heteroatoms. The number of phosphoric acid groups is 1. The molecule has 1 amide bonds. The third-order valence-corrected chi connectivity index (χ3v) is 11.7. The minimum Gasteiger partial charge on any atom is -0.387 e. The van der Waals surface area contributed by atoms with Gasteiger partial charge >= 0.3 is 7.82 Å². The molecule has 8 nitrogen and oxygen atoms in total. The second kappa shape index (κ2) is 38.7. The molecule has 0 fully saturated rings. The van der Waals surface area contributed by atoms with E-state index >= 15 is 0 Å². The molecule has 3 unspecified atom stereocenters. The van der Waals surface area contributed by atoms with Crippen molar-refractivity contribution in [2.45, 2.75) is 238 Å². The first-order valence-corrected chi connectivity index (χ1v) is 25.1. The van der Waals surface area contributed by atoms with Crippen LogP contribution in [0.2, 0.25) is 0 Å². The Balaban J connectivity index is 3.67. The van der Waals surface area contributed by atoms with Crippen LogP contribution in [0.4, 0.5) is 0 Å². The first kappa shape index (κ1) is 54.2. The van der Waals surface area contributed by atoms with Gasteiger partial charge in [-0.15, -0.1) is 0 Å². The minimum absolute atomic E-state index is 0.0618. The van der Waals surface area contributed by atoms with Crippen LogP contribution in [0.1, 0.15) is 226 Å². The number of aliphatic hydroxyl groups excluding tert-OH is 1. The Morgan fingerprint density at radius 1 is 0.600 bits per heavy atom. The Bertz CT molecular complexity index is 911. The number of unbranched alkanes of at least 4 members (excludes halogenated alkanes) is 30. The summed E-state index contributed by atoms with van der Waals surface area (Å²) >= 11 is 0. The molecule has 0 saturated heterocycles. The molecular formula is C46H94N2O6P+. The average molecular weight is 802 g/mol. The molecule has 0 spiro atoms. The highest BCUT2D eigenvalue weighted by Crippen LogP contribution is 2.43. The number of allylic oxidation sites excluding steroid dienone is 1. The van der Waals surface area contributed by atoms with Gasteiger partial charge in [-0.05, 0) is 19.3 Å². The van der Waals surface area contributed by atoms with Gasteiger partial charge in [0.05, 0.1) is 39.9 Å². The van der Waals surface area contributed by atoms with E-state index in [4.69, 9.17) is 9.05 Å². The predicted octanol–water partition coefficient (Wildman–Crippen LogP) is 13.1. The number of likely N-dealkylation sites (N-methyl/N-ethyl adjacent to an activating group) is 1. The van der Waals surface area contributed by atoms with Crippen LogP contribution in [0.25, 0.3) is 0 Å². The Labute approximate surface area is 342 Å². The van der Waals surface area contributed by atoms with Crippen molar-refractivity contribution in [3.05, 3.63) is 12.2 Å². The lowest BCUT2D eigenvalue weighted by Gasteiger charge is -2.25. The van der Waals surface area contributed by atoms with Crippen LogP contribution in [0.15, 0.2) is 12.2 Å². The van der Waals surface area contributed by atoms with Crippen LogP contribution in [0, 0.1) is 0 Å². The van der Waals surface area contributed by atoms with Gasteiger partial charge in [-0.3, -0.25) is 13.8 Å². The van der Waals surface area contributed by atoms with Crippen LogP contribution in [0.3, 0.4) is 0 Å². The highest BCUT2D eigenvalue weighted by molar-refractivity contribution is 7.47. The third kappa shape index (κ3) is 41.2. The van der Waals surface area contributed by atoms with Gasteiger partial charge in [-0.1, -0.05) is 212 Å². The predicted molar refractivity (Wildman–Crippen MR) is 235 cm³/mol. The van der Waals surface area contributed by atoms with E-state index in [2.05, 4.69) is 12.2 Å². The van der Waals surface area contributed by atoms with Gasteiger partial charge < -0.3 is 19.8 Å². The second-order valence-corrected chi connectivity index (χ2v) is 18.9. The van der Waals surface area contributed by atoms with E-state index in [0.29, 0.717) is 23.9 Å². The van der Waals surface area contributed by atoms with Crippen LogP contribution >= 0.6 is 7.82 Å². The Morgan fingerprint density at radius 3 is 1.31 bits per heavy atom. The Hall–Kier alpha value is -0.760. The van der Waals surface area contributed by atoms with Crippen molar-refractivity contribution in [1.82, 2.24) is 5.32 Å². The van der Waals surface area contributed by atoms with Crippen molar-refractivity contribution in [2.75, 3.05) is 40.9 Å². The summed E-state index contributed by atoms with van der Waals surface area (Å²) in [6.45, 7) is 4.47.